The van der Waals surface area contributed by atoms with Crippen LogP contribution >= 0.6 is 0 Å². The van der Waals surface area contributed by atoms with Crippen molar-refractivity contribution in [1.29, 1.82) is 0 Å². The Hall–Kier alpha value is -6.10. The molecule has 2 N–H and O–H groups in total. The fourth-order valence-electron chi connectivity index (χ4n) is 7.44. The second-order valence-corrected chi connectivity index (χ2v) is 12.7. The Morgan fingerprint density at radius 1 is 0.898 bits per heavy atom. The van der Waals surface area contributed by atoms with Gasteiger partial charge in [-0.3, -0.25) is 19.7 Å². The van der Waals surface area contributed by atoms with E-state index in [-0.39, 0.29) is 24.1 Å². The summed E-state index contributed by atoms with van der Waals surface area (Å²) in [5.74, 6) is -2.57. The minimum absolute atomic E-state index is 0.199. The normalized spacial score (nSPS) is 19.0. The SMILES string of the molecule is CC1=C2CC=CC=C2C(=O)[N+]1([O-])c1cccc(Cn2cc(C3=C(c4cn(C)c5ccccc45)C(=O)NC3=O)c3cc(CC(=O)O)ccc32)c1. The van der Waals surface area contributed by atoms with E-state index in [0.717, 1.165) is 22.0 Å². The van der Waals surface area contributed by atoms with Gasteiger partial charge >= 0.3 is 11.9 Å². The van der Waals surface area contributed by atoms with E-state index in [1.165, 1.54) is 0 Å². The molecule has 3 aliphatic rings. The van der Waals surface area contributed by atoms with Crippen LogP contribution in [0.25, 0.3) is 33.0 Å². The molecular weight excluding hydrogens is 620 g/mol. The fourth-order valence-corrected chi connectivity index (χ4v) is 7.44. The van der Waals surface area contributed by atoms with Crippen molar-refractivity contribution in [3.05, 3.63) is 142 Å². The number of carboxylic acids is 1. The lowest BCUT2D eigenvalue weighted by atomic mass is 9.95. The Bertz CT molecular complexity index is 2470. The number of hydrogen-bond acceptors (Lipinski definition) is 5. The molecule has 2 aliphatic heterocycles. The first-order valence-electron chi connectivity index (χ1n) is 15.9. The van der Waals surface area contributed by atoms with Crippen molar-refractivity contribution in [1.82, 2.24) is 19.1 Å². The Kier molecular flexibility index (Phi) is 6.78. The van der Waals surface area contributed by atoms with Crippen LogP contribution < -0.4 is 9.96 Å². The highest BCUT2D eigenvalue weighted by molar-refractivity contribution is 6.50. The van der Waals surface area contributed by atoms with Gasteiger partial charge in [0.1, 0.15) is 11.4 Å². The molecule has 0 saturated carbocycles. The molecule has 2 aromatic heterocycles. The van der Waals surface area contributed by atoms with Crippen molar-refractivity contribution in [3.63, 3.8) is 0 Å². The van der Waals surface area contributed by atoms with Crippen molar-refractivity contribution in [2.24, 2.45) is 7.05 Å². The quantitative estimate of drug-likeness (QED) is 0.128. The number of para-hydroxylation sites is 1. The third-order valence-corrected chi connectivity index (χ3v) is 9.77. The number of nitrogens with zero attached hydrogens (tertiary/aromatic N) is 3. The van der Waals surface area contributed by atoms with E-state index in [4.69, 9.17) is 0 Å². The maximum absolute atomic E-state index is 14.3. The molecule has 3 aromatic carbocycles. The first kappa shape index (κ1) is 30.2. The van der Waals surface area contributed by atoms with Crippen molar-refractivity contribution in [2.45, 2.75) is 26.3 Å². The molecule has 242 valence electrons. The minimum Gasteiger partial charge on any atom is -0.614 e. The number of aryl methyl sites for hydroxylation is 1. The Morgan fingerprint density at radius 3 is 2.41 bits per heavy atom. The van der Waals surface area contributed by atoms with E-state index < -0.39 is 28.3 Å². The van der Waals surface area contributed by atoms with Crippen molar-refractivity contribution >= 4 is 62.3 Å². The fraction of sp³-hybridized carbons (Fsp3) is 0.128. The zero-order valence-electron chi connectivity index (χ0n) is 26.7. The lowest BCUT2D eigenvalue weighted by molar-refractivity contribution is -0.136. The molecule has 1 unspecified atom stereocenters. The smallest absolute Gasteiger partial charge is 0.356 e. The molecule has 0 bridgehead atoms. The summed E-state index contributed by atoms with van der Waals surface area (Å²) in [6, 6.07) is 19.9. The molecule has 0 saturated heterocycles. The highest BCUT2D eigenvalue weighted by atomic mass is 16.6. The number of allylic oxidation sites excluding steroid dienone is 4. The summed E-state index contributed by atoms with van der Waals surface area (Å²) in [6.45, 7) is 1.98. The molecule has 49 heavy (non-hydrogen) atoms. The summed E-state index contributed by atoms with van der Waals surface area (Å²) >= 11 is 0. The molecule has 0 spiro atoms. The largest absolute Gasteiger partial charge is 0.614 e. The third kappa shape index (κ3) is 4.56. The van der Waals surface area contributed by atoms with Crippen LogP contribution in [0.3, 0.4) is 0 Å². The number of aliphatic carboxylic acids is 1. The van der Waals surface area contributed by atoms with Gasteiger partial charge in [0.05, 0.1) is 23.1 Å². The number of aromatic nitrogens is 2. The number of rotatable bonds is 7. The summed E-state index contributed by atoms with van der Waals surface area (Å²) in [5, 5.41) is 27.8. The van der Waals surface area contributed by atoms with Crippen molar-refractivity contribution < 1.29 is 24.3 Å². The van der Waals surface area contributed by atoms with Crippen LogP contribution in [-0.4, -0.2) is 37.9 Å². The van der Waals surface area contributed by atoms with E-state index >= 15 is 0 Å². The van der Waals surface area contributed by atoms with E-state index in [1.807, 2.05) is 58.8 Å². The number of fused-ring (bicyclic) bond motifs is 3. The topological polar surface area (TPSA) is 133 Å². The number of carboxylic acid groups (broad SMARTS) is 1. The maximum atomic E-state index is 14.3. The van der Waals surface area contributed by atoms with Gasteiger partial charge in [-0.2, -0.15) is 0 Å². The lowest BCUT2D eigenvalue weighted by Crippen LogP contribution is -2.43. The highest BCUT2D eigenvalue weighted by Crippen LogP contribution is 2.43. The van der Waals surface area contributed by atoms with Gasteiger partial charge in [-0.05, 0) is 41.8 Å². The predicted octanol–water partition coefficient (Wildman–Crippen LogP) is 5.88. The monoisotopic (exact) mass is 650 g/mol. The summed E-state index contributed by atoms with van der Waals surface area (Å²) in [7, 11) is 1.88. The molecule has 8 rings (SSSR count). The first-order chi connectivity index (χ1) is 23.6. The third-order valence-electron chi connectivity index (χ3n) is 9.77. The van der Waals surface area contributed by atoms with Gasteiger partial charge in [-0.25, -0.2) is 9.44 Å². The van der Waals surface area contributed by atoms with Crippen LogP contribution in [-0.2, 0) is 39.2 Å². The molecule has 10 heteroatoms. The summed E-state index contributed by atoms with van der Waals surface area (Å²) in [5.41, 5.74) is 6.36. The molecule has 0 fully saturated rings. The highest BCUT2D eigenvalue weighted by Gasteiger charge is 2.45. The van der Waals surface area contributed by atoms with E-state index in [1.54, 1.807) is 61.7 Å². The van der Waals surface area contributed by atoms with Crippen LogP contribution in [0.1, 0.15) is 35.6 Å². The molecule has 5 aromatic rings. The Morgan fingerprint density at radius 2 is 1.65 bits per heavy atom. The van der Waals surface area contributed by atoms with Crippen molar-refractivity contribution in [3.8, 4) is 0 Å². The average Bonchev–Trinajstić information content (AvgIpc) is 3.76. The molecule has 1 aliphatic carbocycles. The van der Waals surface area contributed by atoms with Crippen LogP contribution in [0.4, 0.5) is 5.69 Å². The Labute approximate surface area is 280 Å². The number of benzene rings is 3. The molecular formula is C39H30N4O6. The predicted molar refractivity (Wildman–Crippen MR) is 186 cm³/mol. The lowest BCUT2D eigenvalue weighted by Gasteiger charge is -2.36. The summed E-state index contributed by atoms with van der Waals surface area (Å²) < 4.78 is 2.63. The van der Waals surface area contributed by atoms with Gasteiger partial charge in [0.2, 0.25) is 0 Å². The van der Waals surface area contributed by atoms with Gasteiger partial charge in [0, 0.05) is 83.5 Å². The molecule has 3 amide bonds. The number of imide groups is 1. The molecule has 4 heterocycles. The van der Waals surface area contributed by atoms with Crippen LogP contribution in [0.15, 0.2) is 114 Å². The first-order valence-corrected chi connectivity index (χ1v) is 15.9. The number of nitrogens with one attached hydrogen (secondary N) is 1. The average molecular weight is 651 g/mol. The van der Waals surface area contributed by atoms with E-state index in [2.05, 4.69) is 5.32 Å². The Balaban J connectivity index is 1.28. The maximum Gasteiger partial charge on any atom is 0.356 e. The second kappa shape index (κ2) is 11.0. The van der Waals surface area contributed by atoms with Gasteiger partial charge in [-0.15, -0.1) is 0 Å². The standard InChI is InChI=1S/C39H30N4O6/c1-22-26-10-3-4-12-28(26)39(48)43(22,49)25-9-7-8-24(16-25)19-42-21-31(29-17-23(18-34(44)45)14-15-33(29)42)36-35(37(46)40-38(36)47)30-20-41(2)32-13-6-5-11-27(30)32/h3-9,11-17,20-21H,10,18-19H2,1-2H3,(H,44,45)(H,40,46,47). The zero-order valence-corrected chi connectivity index (χ0v) is 26.7. The minimum atomic E-state index is -1.18. The number of hydrogen-bond donors (Lipinski definition) is 2. The number of amides is 3. The van der Waals surface area contributed by atoms with Gasteiger partial charge in [0.15, 0.2) is 0 Å². The number of carbonyl (C=O) groups is 4. The van der Waals surface area contributed by atoms with Crippen LogP contribution in [0, 0.1) is 5.21 Å². The summed E-state index contributed by atoms with van der Waals surface area (Å²) in [6.07, 6.45) is 9.36. The number of hydroxylamine groups is 2. The van der Waals surface area contributed by atoms with E-state index in [9.17, 15) is 29.5 Å². The zero-order chi connectivity index (χ0) is 34.2. The van der Waals surface area contributed by atoms with Crippen LogP contribution in [0.5, 0.6) is 0 Å². The number of carbonyl (C=O) groups excluding carboxylic acids is 3. The number of quaternary nitrogens is 1. The molecule has 10 nitrogen and oxygen atoms in total. The van der Waals surface area contributed by atoms with Crippen molar-refractivity contribution in [2.75, 3.05) is 0 Å². The van der Waals surface area contributed by atoms with Crippen LogP contribution in [0.2, 0.25) is 0 Å². The van der Waals surface area contributed by atoms with Gasteiger partial charge in [0.25, 0.3) is 11.8 Å². The van der Waals surface area contributed by atoms with Gasteiger partial charge in [-0.1, -0.05) is 48.6 Å². The molecule has 0 radical (unpaired) electrons. The molecule has 1 atom stereocenters. The van der Waals surface area contributed by atoms with E-state index in [0.29, 0.717) is 51.0 Å². The van der Waals surface area contributed by atoms with Gasteiger partial charge < -0.3 is 19.4 Å². The summed E-state index contributed by atoms with van der Waals surface area (Å²) in [4.78, 5) is 52.2. The second-order valence-electron chi connectivity index (χ2n) is 12.7.